The molecular formula is C30H41F2NO3. The molecule has 4 aliphatic carbocycles. The minimum absolute atomic E-state index is 0.198. The standard InChI is InChI=1S/C30H41F2NO3/c1-16(4-7-27-33-24-14-22(31)23(32)15-26(24)36-27)19-5-6-20-28-21(9-11-30(19,20)3)29(2)10-8-18(34)12-17(29)13-25(28)35/h14-21,25,28,34-35H,4-13H2,1-3H3/t16?,17-,18+,19+,20-,21-,25+,28-,29-,30+/m0/s1. The molecule has 4 saturated carbocycles. The van der Waals surface area contributed by atoms with E-state index in [0.717, 1.165) is 44.2 Å². The second kappa shape index (κ2) is 8.76. The van der Waals surface area contributed by atoms with Gasteiger partial charge >= 0.3 is 0 Å². The Kier molecular flexibility index (Phi) is 6.03. The van der Waals surface area contributed by atoms with Crippen LogP contribution >= 0.6 is 0 Å². The Balaban J connectivity index is 1.17. The van der Waals surface area contributed by atoms with Crippen molar-refractivity contribution in [2.75, 3.05) is 0 Å². The smallest absolute Gasteiger partial charge is 0.195 e. The van der Waals surface area contributed by atoms with E-state index in [0.29, 0.717) is 58.9 Å². The maximum atomic E-state index is 13.6. The lowest BCUT2D eigenvalue weighted by Gasteiger charge is -2.62. The fourth-order valence-electron chi connectivity index (χ4n) is 9.81. The summed E-state index contributed by atoms with van der Waals surface area (Å²) < 4.78 is 32.9. The number of nitrogens with zero attached hydrogens (tertiary/aromatic N) is 1. The molecule has 4 nitrogen and oxygen atoms in total. The van der Waals surface area contributed by atoms with Crippen molar-refractivity contribution < 1.29 is 23.4 Å². The van der Waals surface area contributed by atoms with Gasteiger partial charge in [0.15, 0.2) is 23.1 Å². The van der Waals surface area contributed by atoms with Crippen LogP contribution in [0.5, 0.6) is 0 Å². The summed E-state index contributed by atoms with van der Waals surface area (Å²) in [6.07, 6.45) is 9.62. The highest BCUT2D eigenvalue weighted by Crippen LogP contribution is 2.68. The zero-order valence-corrected chi connectivity index (χ0v) is 21.9. The summed E-state index contributed by atoms with van der Waals surface area (Å²) in [7, 11) is 0. The van der Waals surface area contributed by atoms with Crippen LogP contribution in [0.2, 0.25) is 0 Å². The first-order chi connectivity index (χ1) is 17.1. The maximum Gasteiger partial charge on any atom is 0.195 e. The van der Waals surface area contributed by atoms with Gasteiger partial charge in [0.25, 0.3) is 0 Å². The fourth-order valence-corrected chi connectivity index (χ4v) is 9.81. The summed E-state index contributed by atoms with van der Waals surface area (Å²) in [5, 5.41) is 21.7. The van der Waals surface area contributed by atoms with E-state index in [1.165, 1.54) is 25.7 Å². The van der Waals surface area contributed by atoms with Gasteiger partial charge in [-0.2, -0.15) is 0 Å². The van der Waals surface area contributed by atoms with Gasteiger partial charge in [0.05, 0.1) is 12.2 Å². The molecule has 0 bridgehead atoms. The van der Waals surface area contributed by atoms with Crippen LogP contribution in [0.25, 0.3) is 11.1 Å². The second-order valence-corrected chi connectivity index (χ2v) is 13.3. The number of oxazole rings is 1. The van der Waals surface area contributed by atoms with Crippen LogP contribution in [0.3, 0.4) is 0 Å². The van der Waals surface area contributed by atoms with Crippen LogP contribution in [-0.2, 0) is 6.42 Å². The Morgan fingerprint density at radius 2 is 1.72 bits per heavy atom. The van der Waals surface area contributed by atoms with Crippen LogP contribution in [0.1, 0.15) is 84.4 Å². The van der Waals surface area contributed by atoms with E-state index in [4.69, 9.17) is 4.42 Å². The topological polar surface area (TPSA) is 66.5 Å². The Labute approximate surface area is 212 Å². The predicted octanol–water partition coefficient (Wildman–Crippen LogP) is 6.67. The number of aliphatic hydroxyl groups is 2. The number of fused-ring (bicyclic) bond motifs is 6. The highest BCUT2D eigenvalue weighted by atomic mass is 19.2. The van der Waals surface area contributed by atoms with Gasteiger partial charge in [0.1, 0.15) is 5.52 Å². The quantitative estimate of drug-likeness (QED) is 0.491. The van der Waals surface area contributed by atoms with Gasteiger partial charge < -0.3 is 14.6 Å². The molecule has 1 heterocycles. The molecule has 1 unspecified atom stereocenters. The van der Waals surface area contributed by atoms with Crippen LogP contribution in [0.15, 0.2) is 16.5 Å². The van der Waals surface area contributed by atoms with Gasteiger partial charge in [0, 0.05) is 18.6 Å². The van der Waals surface area contributed by atoms with Crippen LogP contribution < -0.4 is 0 Å². The van der Waals surface area contributed by atoms with Crippen molar-refractivity contribution in [3.63, 3.8) is 0 Å². The van der Waals surface area contributed by atoms with E-state index < -0.39 is 11.6 Å². The van der Waals surface area contributed by atoms with Gasteiger partial charge in [-0.25, -0.2) is 13.8 Å². The van der Waals surface area contributed by atoms with Crippen molar-refractivity contribution in [3.05, 3.63) is 29.7 Å². The van der Waals surface area contributed by atoms with E-state index in [1.54, 1.807) is 0 Å². The number of halogens is 2. The molecule has 4 aliphatic rings. The summed E-state index contributed by atoms with van der Waals surface area (Å²) in [4.78, 5) is 4.40. The zero-order valence-electron chi connectivity index (χ0n) is 21.9. The molecule has 0 saturated heterocycles. The molecule has 198 valence electrons. The van der Waals surface area contributed by atoms with E-state index in [9.17, 15) is 19.0 Å². The lowest BCUT2D eigenvalue weighted by molar-refractivity contribution is -0.174. The lowest BCUT2D eigenvalue weighted by atomic mass is 9.43. The molecule has 1 aromatic heterocycles. The molecule has 6 rings (SSSR count). The lowest BCUT2D eigenvalue weighted by Crippen LogP contribution is -2.58. The monoisotopic (exact) mass is 501 g/mol. The number of rotatable bonds is 4. The normalized spacial score (nSPS) is 43.1. The van der Waals surface area contributed by atoms with E-state index >= 15 is 0 Å². The Hall–Kier alpha value is -1.53. The van der Waals surface area contributed by atoms with Crippen molar-refractivity contribution in [1.82, 2.24) is 4.98 Å². The molecule has 2 N–H and O–H groups in total. The van der Waals surface area contributed by atoms with Crippen LogP contribution in [0, 0.1) is 58.0 Å². The molecule has 2 aromatic rings. The number of hydrogen-bond acceptors (Lipinski definition) is 4. The van der Waals surface area contributed by atoms with Crippen molar-refractivity contribution in [2.24, 2.45) is 46.3 Å². The highest BCUT2D eigenvalue weighted by Gasteiger charge is 2.62. The first kappa shape index (κ1) is 24.8. The first-order valence-electron chi connectivity index (χ1n) is 14.2. The molecule has 0 amide bonds. The molecule has 36 heavy (non-hydrogen) atoms. The molecule has 1 aromatic carbocycles. The maximum absolute atomic E-state index is 13.6. The minimum atomic E-state index is -0.909. The van der Waals surface area contributed by atoms with Gasteiger partial charge in [-0.15, -0.1) is 0 Å². The molecule has 0 aliphatic heterocycles. The SMILES string of the molecule is CC(CCc1nc2cc(F)c(F)cc2o1)[C@H]1CC[C@H]2[C@@H]3[C@H](O)C[C@@H]4C[C@H](O)CC[C@]4(C)[C@H]3CC[C@]12C. The summed E-state index contributed by atoms with van der Waals surface area (Å²) in [5.74, 6) is 1.74. The average Bonchev–Trinajstić information content (AvgIpc) is 3.39. The average molecular weight is 502 g/mol. The number of hydrogen-bond donors (Lipinski definition) is 2. The summed E-state index contributed by atoms with van der Waals surface area (Å²) >= 11 is 0. The number of aromatic nitrogens is 1. The van der Waals surface area contributed by atoms with Crippen molar-refractivity contribution in [1.29, 1.82) is 0 Å². The predicted molar refractivity (Wildman–Crippen MR) is 134 cm³/mol. The van der Waals surface area contributed by atoms with Crippen molar-refractivity contribution >= 4 is 11.1 Å². The second-order valence-electron chi connectivity index (χ2n) is 13.3. The van der Waals surface area contributed by atoms with Crippen molar-refractivity contribution in [3.8, 4) is 0 Å². The molecule has 0 spiro atoms. The van der Waals surface area contributed by atoms with Gasteiger partial charge in [-0.1, -0.05) is 20.8 Å². The number of aliphatic hydroxyl groups excluding tert-OH is 2. The van der Waals surface area contributed by atoms with E-state index in [2.05, 4.69) is 25.8 Å². The minimum Gasteiger partial charge on any atom is -0.441 e. The molecular weight excluding hydrogens is 460 g/mol. The molecule has 0 radical (unpaired) electrons. The fraction of sp³-hybridized carbons (Fsp3) is 0.767. The first-order valence-corrected chi connectivity index (χ1v) is 14.2. The Morgan fingerprint density at radius 3 is 2.53 bits per heavy atom. The Morgan fingerprint density at radius 1 is 1.00 bits per heavy atom. The van der Waals surface area contributed by atoms with Gasteiger partial charge in [0.2, 0.25) is 0 Å². The molecule has 4 fully saturated rings. The van der Waals surface area contributed by atoms with Crippen molar-refractivity contribution in [2.45, 2.75) is 97.2 Å². The highest BCUT2D eigenvalue weighted by molar-refractivity contribution is 5.72. The third-order valence-electron chi connectivity index (χ3n) is 11.7. The summed E-state index contributed by atoms with van der Waals surface area (Å²) in [6.45, 7) is 7.28. The van der Waals surface area contributed by atoms with Gasteiger partial charge in [-0.05, 0) is 104 Å². The number of benzene rings is 1. The van der Waals surface area contributed by atoms with E-state index in [-0.39, 0.29) is 23.0 Å². The Bertz CT molecular complexity index is 1100. The van der Waals surface area contributed by atoms with Crippen LogP contribution in [0.4, 0.5) is 8.78 Å². The third-order valence-corrected chi connectivity index (χ3v) is 11.7. The van der Waals surface area contributed by atoms with Gasteiger partial charge in [-0.3, -0.25) is 0 Å². The molecule has 10 atom stereocenters. The zero-order chi connectivity index (χ0) is 25.4. The summed E-state index contributed by atoms with van der Waals surface area (Å²) in [5.41, 5.74) is 1.15. The number of aryl methyl sites for hydroxylation is 1. The van der Waals surface area contributed by atoms with Crippen LogP contribution in [-0.4, -0.2) is 27.4 Å². The largest absolute Gasteiger partial charge is 0.441 e. The third kappa shape index (κ3) is 3.76. The van der Waals surface area contributed by atoms with E-state index in [1.807, 2.05) is 0 Å². The molecule has 6 heteroatoms. The summed E-state index contributed by atoms with van der Waals surface area (Å²) in [6, 6.07) is 2.19.